The summed E-state index contributed by atoms with van der Waals surface area (Å²) in [4.78, 5) is 6.94. The van der Waals surface area contributed by atoms with Gasteiger partial charge in [-0.3, -0.25) is 0 Å². The fourth-order valence-electron chi connectivity index (χ4n) is 4.28. The Bertz CT molecular complexity index is 857. The third-order valence-corrected chi connectivity index (χ3v) is 6.05. The number of hydrogen-bond donors (Lipinski definition) is 0. The molecule has 0 spiro atoms. The van der Waals surface area contributed by atoms with Crippen molar-refractivity contribution in [3.8, 4) is 0 Å². The van der Waals surface area contributed by atoms with Crippen LogP contribution in [0.15, 0.2) is 12.1 Å². The molecule has 0 bridgehead atoms. The van der Waals surface area contributed by atoms with Crippen LogP contribution in [0, 0.1) is 5.92 Å². The molecule has 0 N–H and O–H groups in total. The summed E-state index contributed by atoms with van der Waals surface area (Å²) in [5, 5.41) is 4.35. The second kappa shape index (κ2) is 7.54. The Morgan fingerprint density at radius 1 is 1.10 bits per heavy atom. The molecule has 2 aliphatic rings. The van der Waals surface area contributed by atoms with Crippen LogP contribution in [0.1, 0.15) is 63.0 Å². The summed E-state index contributed by atoms with van der Waals surface area (Å²) in [6.07, 6.45) is -1.54. The molecule has 4 heterocycles. The lowest BCUT2D eigenvalue weighted by Gasteiger charge is -2.32. The predicted molar refractivity (Wildman–Crippen MR) is 104 cm³/mol. The molecular weight excluding hydrogens is 381 g/mol. The van der Waals surface area contributed by atoms with Crippen molar-refractivity contribution in [2.75, 3.05) is 32.8 Å². The van der Waals surface area contributed by atoms with Crippen molar-refractivity contribution in [2.45, 2.75) is 57.5 Å². The third-order valence-electron chi connectivity index (χ3n) is 6.05. The number of hydrogen-bond acceptors (Lipinski definition) is 4. The van der Waals surface area contributed by atoms with Gasteiger partial charge < -0.3 is 9.64 Å². The van der Waals surface area contributed by atoms with E-state index in [0.29, 0.717) is 11.6 Å². The number of likely N-dealkylation sites (tertiary alicyclic amines) is 1. The molecule has 2 aromatic rings. The average molecular weight is 410 g/mol. The zero-order valence-electron chi connectivity index (χ0n) is 17.3. The number of nitrogens with zero attached hydrogens (tertiary/aromatic N) is 4. The lowest BCUT2D eigenvalue weighted by molar-refractivity contribution is -0.142. The summed E-state index contributed by atoms with van der Waals surface area (Å²) in [5.74, 6) is 0.781. The van der Waals surface area contributed by atoms with Crippen molar-refractivity contribution < 1.29 is 17.9 Å². The Morgan fingerprint density at radius 3 is 2.41 bits per heavy atom. The highest BCUT2D eigenvalue weighted by molar-refractivity contribution is 5.44. The lowest BCUT2D eigenvalue weighted by Crippen LogP contribution is -2.36. The monoisotopic (exact) mass is 410 g/mol. The van der Waals surface area contributed by atoms with E-state index in [2.05, 4.69) is 15.0 Å². The molecule has 4 rings (SSSR count). The summed E-state index contributed by atoms with van der Waals surface area (Å²) in [6, 6.07) is 2.88. The van der Waals surface area contributed by atoms with Crippen molar-refractivity contribution in [2.24, 2.45) is 5.92 Å². The molecule has 8 heteroatoms. The van der Waals surface area contributed by atoms with Crippen LogP contribution >= 0.6 is 0 Å². The van der Waals surface area contributed by atoms with Gasteiger partial charge in [-0.1, -0.05) is 20.8 Å². The standard InChI is InChI=1S/C21H29F3N4O/c1-20(2,3)17-11-18(21(22,23)24)28-19(25-17)10-16(26-28)15-4-7-27(8-5-15)12-14-6-9-29-13-14/h10-11,14-15H,4-9,12-13H2,1-3H3/t14-/m0/s1. The Balaban J connectivity index is 1.56. The first-order valence-corrected chi connectivity index (χ1v) is 10.4. The fourth-order valence-corrected chi connectivity index (χ4v) is 4.28. The number of fused-ring (bicyclic) bond motifs is 1. The third kappa shape index (κ3) is 4.43. The van der Waals surface area contributed by atoms with Gasteiger partial charge in [0.15, 0.2) is 5.65 Å². The minimum Gasteiger partial charge on any atom is -0.381 e. The maximum atomic E-state index is 13.7. The minimum atomic E-state index is -4.48. The van der Waals surface area contributed by atoms with Gasteiger partial charge in [-0.2, -0.15) is 18.3 Å². The molecule has 0 unspecified atom stereocenters. The molecule has 1 atom stereocenters. The highest BCUT2D eigenvalue weighted by Crippen LogP contribution is 2.34. The second-order valence-corrected chi connectivity index (χ2v) is 9.42. The van der Waals surface area contributed by atoms with Crippen LogP contribution in [-0.2, 0) is 16.3 Å². The van der Waals surface area contributed by atoms with Gasteiger partial charge in [0.25, 0.3) is 0 Å². The smallest absolute Gasteiger partial charge is 0.381 e. The Morgan fingerprint density at radius 2 is 1.83 bits per heavy atom. The summed E-state index contributed by atoms with van der Waals surface area (Å²) in [6.45, 7) is 10.2. The molecule has 5 nitrogen and oxygen atoms in total. The van der Waals surface area contributed by atoms with E-state index in [1.807, 2.05) is 20.8 Å². The van der Waals surface area contributed by atoms with Crippen molar-refractivity contribution in [3.63, 3.8) is 0 Å². The minimum absolute atomic E-state index is 0.173. The molecule has 0 aromatic carbocycles. The van der Waals surface area contributed by atoms with Crippen molar-refractivity contribution in [3.05, 3.63) is 29.2 Å². The van der Waals surface area contributed by atoms with Crippen LogP contribution in [0.5, 0.6) is 0 Å². The maximum absolute atomic E-state index is 13.7. The number of aromatic nitrogens is 3. The predicted octanol–water partition coefficient (Wildman–Crippen LogP) is 4.26. The molecule has 0 radical (unpaired) electrons. The summed E-state index contributed by atoms with van der Waals surface area (Å²) < 4.78 is 47.5. The average Bonchev–Trinajstić information content (AvgIpc) is 3.29. The Kier molecular flexibility index (Phi) is 5.36. The molecular formula is C21H29F3N4O. The van der Waals surface area contributed by atoms with Gasteiger partial charge in [0, 0.05) is 30.6 Å². The topological polar surface area (TPSA) is 42.7 Å². The molecule has 2 fully saturated rings. The van der Waals surface area contributed by atoms with E-state index in [9.17, 15) is 13.2 Å². The van der Waals surface area contributed by atoms with Crippen molar-refractivity contribution >= 4 is 5.65 Å². The molecule has 160 valence electrons. The lowest BCUT2D eigenvalue weighted by atomic mass is 9.91. The summed E-state index contributed by atoms with van der Waals surface area (Å²) in [7, 11) is 0. The van der Waals surface area contributed by atoms with Gasteiger partial charge in [-0.15, -0.1) is 0 Å². The summed E-state index contributed by atoms with van der Waals surface area (Å²) >= 11 is 0. The van der Waals surface area contributed by atoms with E-state index in [0.717, 1.165) is 68.4 Å². The highest BCUT2D eigenvalue weighted by Gasteiger charge is 2.37. The molecule has 0 amide bonds. The van der Waals surface area contributed by atoms with Crippen LogP contribution in [0.3, 0.4) is 0 Å². The van der Waals surface area contributed by atoms with Gasteiger partial charge >= 0.3 is 6.18 Å². The van der Waals surface area contributed by atoms with E-state index in [1.165, 1.54) is 0 Å². The van der Waals surface area contributed by atoms with Crippen molar-refractivity contribution in [1.29, 1.82) is 0 Å². The number of piperidine rings is 1. The molecule has 2 saturated heterocycles. The van der Waals surface area contributed by atoms with Crippen LogP contribution in [0.25, 0.3) is 5.65 Å². The first-order valence-electron chi connectivity index (χ1n) is 10.4. The zero-order valence-corrected chi connectivity index (χ0v) is 17.3. The van der Waals surface area contributed by atoms with Gasteiger partial charge in [-0.05, 0) is 44.3 Å². The van der Waals surface area contributed by atoms with E-state index < -0.39 is 17.3 Å². The van der Waals surface area contributed by atoms with Crippen LogP contribution < -0.4 is 0 Å². The van der Waals surface area contributed by atoms with Crippen LogP contribution in [-0.4, -0.2) is 52.3 Å². The molecule has 2 aromatic heterocycles. The van der Waals surface area contributed by atoms with E-state index in [-0.39, 0.29) is 11.6 Å². The highest BCUT2D eigenvalue weighted by atomic mass is 19.4. The van der Waals surface area contributed by atoms with Crippen LogP contribution in [0.2, 0.25) is 0 Å². The molecule has 0 saturated carbocycles. The van der Waals surface area contributed by atoms with Gasteiger partial charge in [0.1, 0.15) is 5.69 Å². The normalized spacial score (nSPS) is 22.6. The largest absolute Gasteiger partial charge is 0.433 e. The number of rotatable bonds is 3. The molecule has 0 aliphatic carbocycles. The molecule has 29 heavy (non-hydrogen) atoms. The Hall–Kier alpha value is -1.67. The van der Waals surface area contributed by atoms with Gasteiger partial charge in [-0.25, -0.2) is 9.50 Å². The van der Waals surface area contributed by atoms with Gasteiger partial charge in [0.05, 0.1) is 18.0 Å². The number of halogens is 3. The first kappa shape index (κ1) is 20.6. The van der Waals surface area contributed by atoms with Gasteiger partial charge in [0.2, 0.25) is 0 Å². The maximum Gasteiger partial charge on any atom is 0.433 e. The van der Waals surface area contributed by atoms with E-state index in [4.69, 9.17) is 4.74 Å². The fraction of sp³-hybridized carbons (Fsp3) is 0.714. The second-order valence-electron chi connectivity index (χ2n) is 9.42. The van der Waals surface area contributed by atoms with Crippen LogP contribution in [0.4, 0.5) is 13.2 Å². The SMILES string of the molecule is CC(C)(C)c1cc(C(F)(F)F)n2nc(C3CCN(C[C@@H]4CCOC4)CC3)cc2n1. The first-order chi connectivity index (χ1) is 13.6. The molecule has 2 aliphatic heterocycles. The number of ether oxygens (including phenoxy) is 1. The van der Waals surface area contributed by atoms with Crippen molar-refractivity contribution in [1.82, 2.24) is 19.5 Å². The Labute approximate surface area is 169 Å². The quantitative estimate of drug-likeness (QED) is 0.758. The number of alkyl halides is 3. The van der Waals surface area contributed by atoms with E-state index >= 15 is 0 Å². The summed E-state index contributed by atoms with van der Waals surface area (Å²) in [5.41, 5.74) is 0.208. The van der Waals surface area contributed by atoms with E-state index in [1.54, 1.807) is 6.07 Å². The zero-order chi connectivity index (χ0) is 20.8.